The van der Waals surface area contributed by atoms with E-state index in [2.05, 4.69) is 10.2 Å². The van der Waals surface area contributed by atoms with E-state index in [9.17, 15) is 0 Å². The molecule has 100 valence electrons. The Bertz CT molecular complexity index is 198. The summed E-state index contributed by atoms with van der Waals surface area (Å²) in [4.78, 5) is 2.62. The van der Waals surface area contributed by atoms with Crippen molar-refractivity contribution < 1.29 is 4.74 Å². The molecule has 2 aliphatic rings. The van der Waals surface area contributed by atoms with Crippen LogP contribution in [0.1, 0.15) is 38.5 Å². The molecule has 0 aromatic heterocycles. The van der Waals surface area contributed by atoms with Crippen molar-refractivity contribution in [3.05, 3.63) is 0 Å². The van der Waals surface area contributed by atoms with Gasteiger partial charge in [-0.15, -0.1) is 0 Å². The summed E-state index contributed by atoms with van der Waals surface area (Å²) >= 11 is 0. The molecule has 1 N–H and O–H groups in total. The number of likely N-dealkylation sites (tertiary alicyclic amines) is 1. The van der Waals surface area contributed by atoms with Gasteiger partial charge in [-0.05, 0) is 70.6 Å². The minimum absolute atomic E-state index is 0.797. The van der Waals surface area contributed by atoms with Crippen molar-refractivity contribution in [3.63, 3.8) is 0 Å². The maximum absolute atomic E-state index is 5.08. The van der Waals surface area contributed by atoms with Gasteiger partial charge in [0, 0.05) is 19.8 Å². The average Bonchev–Trinajstić information content (AvgIpc) is 3.18. The molecule has 0 spiro atoms. The molecule has 0 amide bonds. The molecular weight excluding hydrogens is 212 g/mol. The number of unbranched alkanes of at least 4 members (excludes halogenated alkanes) is 1. The summed E-state index contributed by atoms with van der Waals surface area (Å²) in [7, 11) is 1.79. The third-order valence-corrected chi connectivity index (χ3v) is 4.05. The van der Waals surface area contributed by atoms with Gasteiger partial charge in [-0.3, -0.25) is 0 Å². The Balaban J connectivity index is 1.48. The molecule has 0 radical (unpaired) electrons. The Morgan fingerprint density at radius 3 is 2.53 bits per heavy atom. The van der Waals surface area contributed by atoms with Crippen LogP contribution < -0.4 is 5.32 Å². The van der Waals surface area contributed by atoms with Gasteiger partial charge in [-0.1, -0.05) is 0 Å². The molecule has 1 heterocycles. The average molecular weight is 240 g/mol. The molecule has 17 heavy (non-hydrogen) atoms. The zero-order valence-electron chi connectivity index (χ0n) is 11.3. The van der Waals surface area contributed by atoms with Gasteiger partial charge in [0.25, 0.3) is 0 Å². The van der Waals surface area contributed by atoms with Crippen molar-refractivity contribution in [1.82, 2.24) is 10.2 Å². The highest BCUT2D eigenvalue weighted by Crippen LogP contribution is 2.28. The first kappa shape index (κ1) is 13.3. The van der Waals surface area contributed by atoms with Crippen LogP contribution in [0.25, 0.3) is 0 Å². The lowest BCUT2D eigenvalue weighted by atomic mass is 10.0. The van der Waals surface area contributed by atoms with E-state index in [1.54, 1.807) is 7.11 Å². The molecule has 1 aliphatic heterocycles. The number of ether oxygens (including phenoxy) is 1. The lowest BCUT2D eigenvalue weighted by Gasteiger charge is -2.32. The fraction of sp³-hybridized carbons (Fsp3) is 1.00. The zero-order chi connectivity index (χ0) is 11.9. The lowest BCUT2D eigenvalue weighted by molar-refractivity contribution is 0.168. The van der Waals surface area contributed by atoms with E-state index in [1.165, 1.54) is 64.7 Å². The van der Waals surface area contributed by atoms with Crippen molar-refractivity contribution in [2.45, 2.75) is 44.6 Å². The molecule has 0 aromatic carbocycles. The maximum atomic E-state index is 5.08. The van der Waals surface area contributed by atoms with Crippen LogP contribution in [0.3, 0.4) is 0 Å². The largest absolute Gasteiger partial charge is 0.385 e. The lowest BCUT2D eigenvalue weighted by Crippen LogP contribution is -2.43. The van der Waals surface area contributed by atoms with E-state index in [4.69, 9.17) is 4.74 Å². The van der Waals surface area contributed by atoms with Crippen molar-refractivity contribution in [2.24, 2.45) is 5.92 Å². The van der Waals surface area contributed by atoms with E-state index in [0.29, 0.717) is 0 Å². The van der Waals surface area contributed by atoms with Crippen molar-refractivity contribution in [2.75, 3.05) is 39.9 Å². The molecule has 0 unspecified atom stereocenters. The summed E-state index contributed by atoms with van der Waals surface area (Å²) in [6.07, 6.45) is 8.11. The van der Waals surface area contributed by atoms with Crippen LogP contribution >= 0.6 is 0 Å². The molecule has 0 aromatic rings. The van der Waals surface area contributed by atoms with Crippen molar-refractivity contribution in [1.29, 1.82) is 0 Å². The molecule has 2 rings (SSSR count). The third kappa shape index (κ3) is 5.36. The Morgan fingerprint density at radius 2 is 1.88 bits per heavy atom. The summed E-state index contributed by atoms with van der Waals surface area (Å²) < 4.78 is 5.08. The second-order valence-corrected chi connectivity index (χ2v) is 5.67. The molecule has 3 nitrogen and oxygen atoms in total. The first-order chi connectivity index (χ1) is 8.38. The van der Waals surface area contributed by atoms with Crippen LogP contribution in [0.15, 0.2) is 0 Å². The summed E-state index contributed by atoms with van der Waals surface area (Å²) in [6, 6.07) is 0.797. The number of rotatable bonds is 8. The summed E-state index contributed by atoms with van der Waals surface area (Å²) in [5, 5.41) is 3.73. The highest BCUT2D eigenvalue weighted by atomic mass is 16.5. The SMILES string of the molecule is COCCCCN1CCC(NCC2CC2)CC1. The number of nitrogens with zero attached hydrogens (tertiary/aromatic N) is 1. The molecule has 0 atom stereocenters. The second-order valence-electron chi connectivity index (χ2n) is 5.67. The number of piperidine rings is 1. The van der Waals surface area contributed by atoms with E-state index in [1.807, 2.05) is 0 Å². The van der Waals surface area contributed by atoms with Gasteiger partial charge in [0.1, 0.15) is 0 Å². The van der Waals surface area contributed by atoms with Crippen LogP contribution in [-0.2, 0) is 4.74 Å². The maximum Gasteiger partial charge on any atom is 0.0462 e. The van der Waals surface area contributed by atoms with E-state index in [0.717, 1.165) is 18.6 Å². The number of methoxy groups -OCH3 is 1. The van der Waals surface area contributed by atoms with E-state index in [-0.39, 0.29) is 0 Å². The zero-order valence-corrected chi connectivity index (χ0v) is 11.3. The van der Waals surface area contributed by atoms with Gasteiger partial charge in [0.05, 0.1) is 0 Å². The summed E-state index contributed by atoms with van der Waals surface area (Å²) in [5.74, 6) is 1.02. The topological polar surface area (TPSA) is 24.5 Å². The summed E-state index contributed by atoms with van der Waals surface area (Å²) in [5.41, 5.74) is 0. The predicted octanol–water partition coefficient (Wildman–Crippen LogP) is 1.88. The van der Waals surface area contributed by atoms with E-state index < -0.39 is 0 Å². The van der Waals surface area contributed by atoms with Gasteiger partial charge in [-0.25, -0.2) is 0 Å². The Morgan fingerprint density at radius 1 is 1.12 bits per heavy atom. The molecule has 0 bridgehead atoms. The fourth-order valence-corrected chi connectivity index (χ4v) is 2.60. The smallest absolute Gasteiger partial charge is 0.0462 e. The Hall–Kier alpha value is -0.120. The monoisotopic (exact) mass is 240 g/mol. The van der Waals surface area contributed by atoms with Crippen LogP contribution in [0.4, 0.5) is 0 Å². The van der Waals surface area contributed by atoms with Crippen LogP contribution in [0, 0.1) is 5.92 Å². The highest BCUT2D eigenvalue weighted by Gasteiger charge is 2.24. The van der Waals surface area contributed by atoms with Gasteiger partial charge >= 0.3 is 0 Å². The number of nitrogens with one attached hydrogen (secondary N) is 1. The third-order valence-electron chi connectivity index (χ3n) is 4.05. The Labute approximate surface area is 106 Å². The minimum atomic E-state index is 0.797. The normalized spacial score (nSPS) is 23.1. The quantitative estimate of drug-likeness (QED) is 0.656. The van der Waals surface area contributed by atoms with Gasteiger partial charge in [0.15, 0.2) is 0 Å². The van der Waals surface area contributed by atoms with E-state index >= 15 is 0 Å². The van der Waals surface area contributed by atoms with Gasteiger partial charge < -0.3 is 15.0 Å². The van der Waals surface area contributed by atoms with Gasteiger partial charge in [-0.2, -0.15) is 0 Å². The number of hydrogen-bond donors (Lipinski definition) is 1. The number of hydrogen-bond acceptors (Lipinski definition) is 3. The van der Waals surface area contributed by atoms with Crippen LogP contribution in [0.2, 0.25) is 0 Å². The standard InChI is InChI=1S/C14H28N2O/c1-17-11-3-2-8-16-9-6-14(7-10-16)15-12-13-4-5-13/h13-15H,2-12H2,1H3. The van der Waals surface area contributed by atoms with Gasteiger partial charge in [0.2, 0.25) is 0 Å². The molecule has 1 aliphatic carbocycles. The van der Waals surface area contributed by atoms with Crippen molar-refractivity contribution in [3.8, 4) is 0 Å². The predicted molar refractivity (Wildman–Crippen MR) is 71.3 cm³/mol. The first-order valence-corrected chi connectivity index (χ1v) is 7.33. The summed E-state index contributed by atoms with van der Waals surface area (Å²) in [6.45, 7) is 6.03. The molecular formula is C14H28N2O. The fourth-order valence-electron chi connectivity index (χ4n) is 2.60. The molecule has 3 heteroatoms. The molecule has 2 fully saturated rings. The first-order valence-electron chi connectivity index (χ1n) is 7.33. The second kappa shape index (κ2) is 7.34. The van der Waals surface area contributed by atoms with Crippen molar-refractivity contribution >= 4 is 0 Å². The van der Waals surface area contributed by atoms with Crippen LogP contribution in [0.5, 0.6) is 0 Å². The molecule has 1 saturated carbocycles. The minimum Gasteiger partial charge on any atom is -0.385 e. The Kier molecular flexibility index (Phi) is 5.75. The van der Waals surface area contributed by atoms with Crippen LogP contribution in [-0.4, -0.2) is 50.8 Å². The highest BCUT2D eigenvalue weighted by molar-refractivity contribution is 4.81. The molecule has 1 saturated heterocycles.